The largest absolute Gasteiger partial charge is 1.00 e. The van der Waals surface area contributed by atoms with Crippen LogP contribution in [-0.2, 0) is 14.3 Å². The first-order valence-corrected chi connectivity index (χ1v) is 3.50. The van der Waals surface area contributed by atoms with Gasteiger partial charge in [-0.25, -0.2) is 4.79 Å². The van der Waals surface area contributed by atoms with E-state index in [4.69, 9.17) is 0 Å². The molecule has 0 aromatic carbocycles. The van der Waals surface area contributed by atoms with Gasteiger partial charge in [-0.3, -0.25) is 0 Å². The normalized spacial score (nSPS) is 11.0. The molecule has 0 aliphatic rings. The Labute approximate surface area is 98.0 Å². The van der Waals surface area contributed by atoms with Crippen LogP contribution < -0.4 is 34.7 Å². The Morgan fingerprint density at radius 2 is 1.77 bits per heavy atom. The van der Waals surface area contributed by atoms with Gasteiger partial charge in [0.1, 0.15) is 0 Å². The molecule has 0 bridgehead atoms. The Hall–Kier alpha value is -0.260. The third kappa shape index (κ3) is 5.90. The monoisotopic (exact) mass is 200 g/mol. The van der Waals surface area contributed by atoms with Gasteiger partial charge in [0, 0.05) is 0 Å². The molecule has 6 heteroatoms. The van der Waals surface area contributed by atoms with Crippen LogP contribution in [0.5, 0.6) is 0 Å². The maximum Gasteiger partial charge on any atom is 1.00 e. The molecule has 0 fully saturated rings. The van der Waals surface area contributed by atoms with E-state index in [0.717, 1.165) is 0 Å². The van der Waals surface area contributed by atoms with E-state index in [0.29, 0.717) is 0 Å². The molecule has 0 saturated carbocycles. The van der Waals surface area contributed by atoms with E-state index in [2.05, 4.69) is 9.47 Å². The number of halogens is 1. The summed E-state index contributed by atoms with van der Waals surface area (Å²) in [5.41, 5.74) is 0. The van der Waals surface area contributed by atoms with Crippen LogP contribution in [0.15, 0.2) is 11.8 Å². The molecule has 0 rings (SSSR count). The smallest absolute Gasteiger partial charge is 0.611 e. The van der Waals surface area contributed by atoms with Gasteiger partial charge in [-0.05, 0) is 13.5 Å². The Kier molecular flexibility index (Phi) is 9.77. The fraction of sp³-hybridized carbons (Fsp3) is 0.571. The summed E-state index contributed by atoms with van der Waals surface area (Å²) in [6.07, 6.45) is 0. The molecule has 13 heavy (non-hydrogen) atoms. The summed E-state index contributed by atoms with van der Waals surface area (Å²) >= 11 is 0. The predicted octanol–water partition coefficient (Wildman–Crippen LogP) is -2.91. The zero-order valence-electron chi connectivity index (χ0n) is 7.93. The van der Waals surface area contributed by atoms with Gasteiger partial charge in [0.05, 0.1) is 12.6 Å². The molecule has 0 heterocycles. The van der Waals surface area contributed by atoms with Crippen LogP contribution >= 0.6 is 0 Å². The molecular weight excluding hydrogens is 190 g/mol. The molecule has 0 atom stereocenters. The molecule has 0 aliphatic carbocycles. The molecule has 0 aromatic heterocycles. The van der Waals surface area contributed by atoms with Crippen LogP contribution in [0.1, 0.15) is 13.8 Å². The molecule has 70 valence electrons. The summed E-state index contributed by atoms with van der Waals surface area (Å²) in [5.74, 6) is -4.08. The number of ether oxygens (including phenoxy) is 2. The molecule has 0 unspecified atom stereocenters. The van der Waals surface area contributed by atoms with Crippen LogP contribution in [0.4, 0.5) is 4.39 Å². The fourth-order valence-corrected chi connectivity index (χ4v) is 0.472. The summed E-state index contributed by atoms with van der Waals surface area (Å²) in [6, 6.07) is 0. The van der Waals surface area contributed by atoms with Gasteiger partial charge < -0.3 is 14.6 Å². The molecule has 4 nitrogen and oxygen atoms in total. The summed E-state index contributed by atoms with van der Waals surface area (Å²) in [4.78, 5) is 10.5. The van der Waals surface area contributed by atoms with Crippen molar-refractivity contribution in [1.29, 1.82) is 0 Å². The number of carbonyl (C=O) groups is 1. The van der Waals surface area contributed by atoms with E-state index >= 15 is 0 Å². The quantitative estimate of drug-likeness (QED) is 0.211. The maximum atomic E-state index is 12.5. The zero-order chi connectivity index (χ0) is 9.56. The van der Waals surface area contributed by atoms with E-state index in [1.807, 2.05) is 0 Å². The van der Waals surface area contributed by atoms with Crippen molar-refractivity contribution in [3.05, 3.63) is 11.8 Å². The second kappa shape index (κ2) is 8.34. The summed E-state index contributed by atoms with van der Waals surface area (Å²) in [7, 11) is 0. The molecule has 0 aromatic rings. The molecule has 0 spiro atoms. The Morgan fingerprint density at radius 3 is 2.15 bits per heavy atom. The SMILES string of the molecule is CCOC(=O)C(F)=C([O-])OCC.[Na+]. The average Bonchev–Trinajstić information content (AvgIpc) is 2.04. The Bertz CT molecular complexity index is 193. The van der Waals surface area contributed by atoms with Crippen LogP contribution in [0.2, 0.25) is 0 Å². The van der Waals surface area contributed by atoms with Crippen molar-refractivity contribution < 1.29 is 53.3 Å². The van der Waals surface area contributed by atoms with Gasteiger partial charge in [0.25, 0.3) is 0 Å². The van der Waals surface area contributed by atoms with E-state index in [1.165, 1.54) is 13.8 Å². The van der Waals surface area contributed by atoms with E-state index < -0.39 is 17.7 Å². The van der Waals surface area contributed by atoms with Gasteiger partial charge >= 0.3 is 35.5 Å². The van der Waals surface area contributed by atoms with Gasteiger partial charge in [-0.15, -0.1) is 0 Å². The minimum atomic E-state index is -1.52. The molecule has 0 saturated heterocycles. The van der Waals surface area contributed by atoms with Crippen LogP contribution in [0.3, 0.4) is 0 Å². The molecule has 0 amide bonds. The van der Waals surface area contributed by atoms with Gasteiger partial charge in [-0.1, -0.05) is 6.92 Å². The second-order valence-electron chi connectivity index (χ2n) is 1.75. The minimum Gasteiger partial charge on any atom is -0.611 e. The van der Waals surface area contributed by atoms with Crippen LogP contribution in [0.25, 0.3) is 0 Å². The van der Waals surface area contributed by atoms with Crippen LogP contribution in [-0.4, -0.2) is 19.2 Å². The molecule has 0 N–H and O–H groups in total. The van der Waals surface area contributed by atoms with Crippen molar-refractivity contribution in [1.82, 2.24) is 0 Å². The maximum absolute atomic E-state index is 12.5. The third-order valence-corrected chi connectivity index (χ3v) is 0.909. The van der Waals surface area contributed by atoms with Crippen LogP contribution in [0, 0.1) is 0 Å². The zero-order valence-corrected chi connectivity index (χ0v) is 9.93. The van der Waals surface area contributed by atoms with Crippen molar-refractivity contribution in [2.75, 3.05) is 13.2 Å². The predicted molar refractivity (Wildman–Crippen MR) is 36.4 cm³/mol. The van der Waals surface area contributed by atoms with Crippen molar-refractivity contribution in [2.45, 2.75) is 13.8 Å². The van der Waals surface area contributed by atoms with Crippen molar-refractivity contribution >= 4 is 5.97 Å². The minimum absolute atomic E-state index is 0. The Morgan fingerprint density at radius 1 is 1.31 bits per heavy atom. The first kappa shape index (κ1) is 15.2. The summed E-state index contributed by atoms with van der Waals surface area (Å²) in [6.45, 7) is 3.06. The number of rotatable bonds is 4. The molecular formula is C7H10FNaO4. The van der Waals surface area contributed by atoms with Gasteiger partial charge in [-0.2, -0.15) is 4.39 Å². The first-order valence-electron chi connectivity index (χ1n) is 3.50. The first-order chi connectivity index (χ1) is 5.63. The summed E-state index contributed by atoms with van der Waals surface area (Å²) in [5, 5.41) is 10.5. The van der Waals surface area contributed by atoms with E-state index in [9.17, 15) is 14.3 Å². The molecule has 0 aliphatic heterocycles. The fourth-order valence-electron chi connectivity index (χ4n) is 0.472. The average molecular weight is 200 g/mol. The Balaban J connectivity index is 0. The number of hydrogen-bond acceptors (Lipinski definition) is 4. The topological polar surface area (TPSA) is 58.6 Å². The number of esters is 1. The van der Waals surface area contributed by atoms with Gasteiger partial charge in [0.2, 0.25) is 5.83 Å². The van der Waals surface area contributed by atoms with E-state index in [-0.39, 0.29) is 42.8 Å². The second-order valence-corrected chi connectivity index (χ2v) is 1.75. The van der Waals surface area contributed by atoms with E-state index in [1.54, 1.807) is 0 Å². The summed E-state index contributed by atoms with van der Waals surface area (Å²) < 4.78 is 21.0. The van der Waals surface area contributed by atoms with Crippen molar-refractivity contribution in [3.63, 3.8) is 0 Å². The van der Waals surface area contributed by atoms with Crippen molar-refractivity contribution in [2.24, 2.45) is 0 Å². The number of carbonyl (C=O) groups excluding carboxylic acids is 1. The molecule has 0 radical (unpaired) electrons. The van der Waals surface area contributed by atoms with Gasteiger partial charge in [0.15, 0.2) is 0 Å². The standard InChI is InChI=1S/C7H11FO4.Na/c1-3-11-6(9)5(8)7(10)12-4-2;/h9H,3-4H2,1-2H3;/q;+1/p-1. The van der Waals surface area contributed by atoms with Crippen molar-refractivity contribution in [3.8, 4) is 0 Å². The third-order valence-electron chi connectivity index (χ3n) is 0.909. The number of hydrogen-bond donors (Lipinski definition) is 0.